The Bertz CT molecular complexity index is 373. The molecule has 17 heavy (non-hydrogen) atoms. The van der Waals surface area contributed by atoms with Crippen LogP contribution >= 0.6 is 0 Å². The van der Waals surface area contributed by atoms with Crippen molar-refractivity contribution in [2.24, 2.45) is 5.73 Å². The van der Waals surface area contributed by atoms with Crippen LogP contribution in [-0.2, 0) is 6.18 Å². The van der Waals surface area contributed by atoms with Gasteiger partial charge in [0.2, 0.25) is 0 Å². The quantitative estimate of drug-likeness (QED) is 0.801. The second-order valence-corrected chi connectivity index (χ2v) is 3.99. The Morgan fingerprint density at radius 1 is 1.29 bits per heavy atom. The van der Waals surface area contributed by atoms with Gasteiger partial charge in [0, 0.05) is 6.04 Å². The fraction of sp³-hybridized carbons (Fsp3) is 0.500. The Morgan fingerprint density at radius 2 is 1.94 bits per heavy atom. The minimum absolute atomic E-state index is 0.326. The Labute approximate surface area is 97.6 Å². The Kier molecular flexibility index (Phi) is 4.51. The molecule has 0 fully saturated rings. The van der Waals surface area contributed by atoms with Crippen molar-refractivity contribution in [2.45, 2.75) is 38.4 Å². The van der Waals surface area contributed by atoms with Crippen molar-refractivity contribution in [3.8, 4) is 0 Å². The number of hydrogen-bond donors (Lipinski definition) is 1. The summed E-state index contributed by atoms with van der Waals surface area (Å²) in [5, 5.41) is 0. The molecule has 0 heterocycles. The summed E-state index contributed by atoms with van der Waals surface area (Å²) in [6, 6.07) is 2.46. The second kappa shape index (κ2) is 5.49. The molecule has 0 aliphatic carbocycles. The number of hydrogen-bond acceptors (Lipinski definition) is 1. The van der Waals surface area contributed by atoms with Gasteiger partial charge in [0.05, 0.1) is 5.56 Å². The molecule has 0 amide bonds. The molecule has 96 valence electrons. The van der Waals surface area contributed by atoms with E-state index in [4.69, 9.17) is 5.73 Å². The molecule has 0 bridgehead atoms. The lowest BCUT2D eigenvalue weighted by Crippen LogP contribution is -2.14. The number of rotatable bonds is 4. The highest BCUT2D eigenvalue weighted by molar-refractivity contribution is 5.29. The third kappa shape index (κ3) is 3.70. The smallest absolute Gasteiger partial charge is 0.324 e. The van der Waals surface area contributed by atoms with Crippen LogP contribution < -0.4 is 5.73 Å². The van der Waals surface area contributed by atoms with Crippen molar-refractivity contribution in [2.75, 3.05) is 0 Å². The lowest BCUT2D eigenvalue weighted by molar-refractivity contribution is -0.140. The average molecular weight is 249 g/mol. The van der Waals surface area contributed by atoms with E-state index in [1.165, 1.54) is 6.07 Å². The molecule has 1 aromatic rings. The number of benzene rings is 1. The van der Waals surface area contributed by atoms with E-state index in [9.17, 15) is 17.6 Å². The van der Waals surface area contributed by atoms with E-state index >= 15 is 0 Å². The lowest BCUT2D eigenvalue weighted by Gasteiger charge is -2.14. The Morgan fingerprint density at radius 3 is 2.47 bits per heavy atom. The van der Waals surface area contributed by atoms with E-state index in [1.807, 2.05) is 6.92 Å². The monoisotopic (exact) mass is 249 g/mol. The first-order valence-corrected chi connectivity index (χ1v) is 5.48. The second-order valence-electron chi connectivity index (χ2n) is 3.99. The van der Waals surface area contributed by atoms with E-state index in [0.29, 0.717) is 12.0 Å². The average Bonchev–Trinajstić information content (AvgIpc) is 2.25. The molecule has 0 aliphatic heterocycles. The highest BCUT2D eigenvalue weighted by Gasteiger charge is 2.34. The molecule has 0 aliphatic rings. The lowest BCUT2D eigenvalue weighted by atomic mass is 9.99. The van der Waals surface area contributed by atoms with Gasteiger partial charge in [-0.25, -0.2) is 4.39 Å². The maximum absolute atomic E-state index is 13.0. The standard InChI is InChI=1S/C12H15F4N/c1-2-3-4-11(17)8-5-6-10(13)9(7-8)12(14,15)16/h5-7,11H,2-4,17H2,1H3/t11-/m1/s1. The van der Waals surface area contributed by atoms with Gasteiger partial charge in [-0.05, 0) is 24.1 Å². The fourth-order valence-electron chi connectivity index (χ4n) is 1.58. The van der Waals surface area contributed by atoms with E-state index in [-0.39, 0.29) is 0 Å². The highest BCUT2D eigenvalue weighted by atomic mass is 19.4. The molecular weight excluding hydrogens is 234 g/mol. The third-order valence-electron chi connectivity index (χ3n) is 2.59. The minimum Gasteiger partial charge on any atom is -0.324 e. The zero-order valence-electron chi connectivity index (χ0n) is 9.52. The summed E-state index contributed by atoms with van der Waals surface area (Å²) in [7, 11) is 0. The van der Waals surface area contributed by atoms with Crippen LogP contribution in [0.2, 0.25) is 0 Å². The van der Waals surface area contributed by atoms with Crippen LogP contribution in [0.5, 0.6) is 0 Å². The van der Waals surface area contributed by atoms with Gasteiger partial charge < -0.3 is 5.73 Å². The van der Waals surface area contributed by atoms with E-state index < -0.39 is 23.6 Å². The summed E-state index contributed by atoms with van der Waals surface area (Å²) in [4.78, 5) is 0. The summed E-state index contributed by atoms with van der Waals surface area (Å²) < 4.78 is 50.4. The molecule has 1 nitrogen and oxygen atoms in total. The van der Waals surface area contributed by atoms with E-state index in [0.717, 1.165) is 25.0 Å². The van der Waals surface area contributed by atoms with Gasteiger partial charge in [0.1, 0.15) is 5.82 Å². The molecule has 0 saturated carbocycles. The topological polar surface area (TPSA) is 26.0 Å². The molecular formula is C12H15F4N. The molecule has 1 atom stereocenters. The Hall–Kier alpha value is -1.10. The molecule has 0 spiro atoms. The van der Waals surface area contributed by atoms with Crippen LogP contribution in [0, 0.1) is 5.82 Å². The van der Waals surface area contributed by atoms with Crippen LogP contribution in [0.4, 0.5) is 17.6 Å². The molecule has 0 aromatic heterocycles. The van der Waals surface area contributed by atoms with Crippen LogP contribution in [-0.4, -0.2) is 0 Å². The van der Waals surface area contributed by atoms with Crippen molar-refractivity contribution in [3.05, 3.63) is 35.1 Å². The highest BCUT2D eigenvalue weighted by Crippen LogP contribution is 2.33. The summed E-state index contributed by atoms with van der Waals surface area (Å²) in [6.07, 6.45) is -2.33. The third-order valence-corrected chi connectivity index (χ3v) is 2.59. The number of alkyl halides is 3. The maximum Gasteiger partial charge on any atom is 0.419 e. The van der Waals surface area contributed by atoms with Gasteiger partial charge in [-0.1, -0.05) is 25.8 Å². The van der Waals surface area contributed by atoms with Gasteiger partial charge in [-0.15, -0.1) is 0 Å². The first-order chi connectivity index (χ1) is 7.86. The fourth-order valence-corrected chi connectivity index (χ4v) is 1.58. The van der Waals surface area contributed by atoms with Gasteiger partial charge >= 0.3 is 6.18 Å². The zero-order valence-corrected chi connectivity index (χ0v) is 9.52. The molecule has 1 rings (SSSR count). The number of unbranched alkanes of at least 4 members (excludes halogenated alkanes) is 1. The van der Waals surface area contributed by atoms with Crippen LogP contribution in [0.25, 0.3) is 0 Å². The Balaban J connectivity index is 2.96. The van der Waals surface area contributed by atoms with Crippen LogP contribution in [0.3, 0.4) is 0 Å². The predicted molar refractivity (Wildman–Crippen MR) is 57.9 cm³/mol. The van der Waals surface area contributed by atoms with Crippen LogP contribution in [0.15, 0.2) is 18.2 Å². The van der Waals surface area contributed by atoms with Gasteiger partial charge in [0.15, 0.2) is 0 Å². The van der Waals surface area contributed by atoms with Crippen LogP contribution in [0.1, 0.15) is 43.4 Å². The normalized spacial score (nSPS) is 13.8. The number of halogens is 4. The summed E-state index contributed by atoms with van der Waals surface area (Å²) in [5.41, 5.74) is 4.83. The van der Waals surface area contributed by atoms with Crippen molar-refractivity contribution in [3.63, 3.8) is 0 Å². The molecule has 2 N–H and O–H groups in total. The van der Waals surface area contributed by atoms with Gasteiger partial charge in [-0.2, -0.15) is 13.2 Å². The largest absolute Gasteiger partial charge is 0.419 e. The van der Waals surface area contributed by atoms with Crippen molar-refractivity contribution in [1.29, 1.82) is 0 Å². The molecule has 5 heteroatoms. The summed E-state index contributed by atoms with van der Waals surface area (Å²) in [6.45, 7) is 1.97. The van der Waals surface area contributed by atoms with Gasteiger partial charge in [-0.3, -0.25) is 0 Å². The molecule has 0 saturated heterocycles. The first-order valence-electron chi connectivity index (χ1n) is 5.48. The summed E-state index contributed by atoms with van der Waals surface area (Å²) >= 11 is 0. The molecule has 0 radical (unpaired) electrons. The van der Waals surface area contributed by atoms with E-state index in [1.54, 1.807) is 0 Å². The van der Waals surface area contributed by atoms with Crippen molar-refractivity contribution in [1.82, 2.24) is 0 Å². The molecule has 0 unspecified atom stereocenters. The SMILES string of the molecule is CCCC[C@@H](N)c1ccc(F)c(C(F)(F)F)c1. The van der Waals surface area contributed by atoms with Crippen molar-refractivity contribution >= 4 is 0 Å². The number of nitrogens with two attached hydrogens (primary N) is 1. The zero-order chi connectivity index (χ0) is 13.1. The van der Waals surface area contributed by atoms with E-state index in [2.05, 4.69) is 0 Å². The minimum atomic E-state index is -4.68. The molecule has 1 aromatic carbocycles. The van der Waals surface area contributed by atoms with Crippen molar-refractivity contribution < 1.29 is 17.6 Å². The predicted octanol–water partition coefficient (Wildman–Crippen LogP) is 4.03. The maximum atomic E-state index is 13.0. The first kappa shape index (κ1) is 14.0. The summed E-state index contributed by atoms with van der Waals surface area (Å²) in [5.74, 6) is -1.26. The van der Waals surface area contributed by atoms with Gasteiger partial charge in [0.25, 0.3) is 0 Å².